The highest BCUT2D eigenvalue weighted by Crippen LogP contribution is 2.17. The first kappa shape index (κ1) is 19.8. The molecule has 29 heavy (non-hydrogen) atoms. The fourth-order valence-electron chi connectivity index (χ4n) is 2.54. The molecule has 3 aromatic carbocycles. The zero-order chi connectivity index (χ0) is 20.6. The summed E-state index contributed by atoms with van der Waals surface area (Å²) < 4.78 is 18.3. The molecule has 0 fully saturated rings. The number of rotatable bonds is 6. The Bertz CT molecular complexity index is 1050. The average Bonchev–Trinajstić information content (AvgIpc) is 2.74. The number of ether oxygens (including phenoxy) is 1. The summed E-state index contributed by atoms with van der Waals surface area (Å²) in [6, 6.07) is 19.0. The van der Waals surface area contributed by atoms with E-state index in [1.165, 1.54) is 18.3 Å². The van der Waals surface area contributed by atoms with Gasteiger partial charge < -0.3 is 10.1 Å². The molecule has 146 valence electrons. The van der Waals surface area contributed by atoms with E-state index in [4.69, 9.17) is 4.74 Å². The van der Waals surface area contributed by atoms with Crippen molar-refractivity contribution in [1.82, 2.24) is 5.43 Å². The zero-order valence-electron chi connectivity index (χ0n) is 15.6. The number of halogens is 1. The van der Waals surface area contributed by atoms with Crippen molar-refractivity contribution in [3.05, 3.63) is 95.3 Å². The SMILES string of the molecule is COc1ccc(C(=O)Nc2ccccc2C(=O)NN=Cc2cccc(F)c2)cc1. The van der Waals surface area contributed by atoms with Crippen molar-refractivity contribution in [3.8, 4) is 5.75 Å². The molecule has 6 nitrogen and oxygen atoms in total. The molecule has 0 bridgehead atoms. The lowest BCUT2D eigenvalue weighted by molar-refractivity contribution is 0.0956. The van der Waals surface area contributed by atoms with Crippen molar-refractivity contribution in [2.75, 3.05) is 12.4 Å². The Balaban J connectivity index is 1.70. The lowest BCUT2D eigenvalue weighted by atomic mass is 10.1. The summed E-state index contributed by atoms with van der Waals surface area (Å²) in [5.41, 5.74) is 3.88. The number of carbonyl (C=O) groups excluding carboxylic acids is 2. The lowest BCUT2D eigenvalue weighted by Crippen LogP contribution is -2.21. The number of benzene rings is 3. The number of hydrogen-bond acceptors (Lipinski definition) is 4. The Kier molecular flexibility index (Phi) is 6.32. The maximum Gasteiger partial charge on any atom is 0.273 e. The average molecular weight is 391 g/mol. The van der Waals surface area contributed by atoms with E-state index in [1.807, 2.05) is 0 Å². The fraction of sp³-hybridized carbons (Fsp3) is 0.0455. The van der Waals surface area contributed by atoms with Gasteiger partial charge in [-0.15, -0.1) is 0 Å². The molecule has 3 aromatic rings. The molecule has 0 saturated heterocycles. The van der Waals surface area contributed by atoms with Crippen molar-refractivity contribution >= 4 is 23.7 Å². The van der Waals surface area contributed by atoms with Gasteiger partial charge in [-0.25, -0.2) is 9.82 Å². The van der Waals surface area contributed by atoms with Gasteiger partial charge in [-0.3, -0.25) is 9.59 Å². The molecule has 0 aromatic heterocycles. The van der Waals surface area contributed by atoms with Crippen molar-refractivity contribution in [2.45, 2.75) is 0 Å². The first-order valence-electron chi connectivity index (χ1n) is 8.70. The third-order valence-electron chi connectivity index (χ3n) is 4.00. The molecule has 0 unspecified atom stereocenters. The number of hydrazone groups is 1. The number of nitrogens with one attached hydrogen (secondary N) is 2. The number of carbonyl (C=O) groups is 2. The highest BCUT2D eigenvalue weighted by Gasteiger charge is 2.13. The largest absolute Gasteiger partial charge is 0.497 e. The van der Waals surface area contributed by atoms with Crippen LogP contribution in [0.2, 0.25) is 0 Å². The van der Waals surface area contributed by atoms with Crippen molar-refractivity contribution in [1.29, 1.82) is 0 Å². The van der Waals surface area contributed by atoms with Crippen LogP contribution in [0.5, 0.6) is 5.75 Å². The molecule has 0 heterocycles. The molecule has 2 amide bonds. The summed E-state index contributed by atoms with van der Waals surface area (Å²) in [5, 5.41) is 6.56. The predicted molar refractivity (Wildman–Crippen MR) is 109 cm³/mol. The second-order valence-electron chi connectivity index (χ2n) is 5.98. The van der Waals surface area contributed by atoms with E-state index in [1.54, 1.807) is 67.8 Å². The monoisotopic (exact) mass is 391 g/mol. The van der Waals surface area contributed by atoms with Gasteiger partial charge in [0.1, 0.15) is 11.6 Å². The summed E-state index contributed by atoms with van der Waals surface area (Å²) in [6.07, 6.45) is 1.33. The highest BCUT2D eigenvalue weighted by atomic mass is 19.1. The van der Waals surface area contributed by atoms with Crippen LogP contribution in [0.1, 0.15) is 26.3 Å². The van der Waals surface area contributed by atoms with Gasteiger partial charge in [0.25, 0.3) is 11.8 Å². The Morgan fingerprint density at radius 1 is 0.966 bits per heavy atom. The number of hydrogen-bond donors (Lipinski definition) is 2. The van der Waals surface area contributed by atoms with Gasteiger partial charge in [-0.1, -0.05) is 24.3 Å². The van der Waals surface area contributed by atoms with E-state index in [-0.39, 0.29) is 11.5 Å². The Morgan fingerprint density at radius 2 is 1.72 bits per heavy atom. The zero-order valence-corrected chi connectivity index (χ0v) is 15.6. The van der Waals surface area contributed by atoms with Crippen LogP contribution >= 0.6 is 0 Å². The van der Waals surface area contributed by atoms with Gasteiger partial charge in [0.15, 0.2) is 0 Å². The number of methoxy groups -OCH3 is 1. The highest BCUT2D eigenvalue weighted by molar-refractivity contribution is 6.09. The second-order valence-corrected chi connectivity index (χ2v) is 5.98. The summed E-state index contributed by atoms with van der Waals surface area (Å²) >= 11 is 0. The summed E-state index contributed by atoms with van der Waals surface area (Å²) in [7, 11) is 1.54. The molecule has 0 atom stereocenters. The van der Waals surface area contributed by atoms with Crippen LogP contribution in [0, 0.1) is 5.82 Å². The molecular weight excluding hydrogens is 373 g/mol. The molecule has 0 spiro atoms. The van der Waals surface area contributed by atoms with Gasteiger partial charge in [0.05, 0.1) is 24.6 Å². The molecule has 0 saturated carbocycles. The van der Waals surface area contributed by atoms with Gasteiger partial charge in [-0.2, -0.15) is 5.10 Å². The number of para-hydroxylation sites is 1. The van der Waals surface area contributed by atoms with Crippen molar-refractivity contribution < 1.29 is 18.7 Å². The van der Waals surface area contributed by atoms with Crippen molar-refractivity contribution in [3.63, 3.8) is 0 Å². The minimum absolute atomic E-state index is 0.241. The quantitative estimate of drug-likeness (QED) is 0.495. The Hall–Kier alpha value is -4.00. The minimum Gasteiger partial charge on any atom is -0.497 e. The van der Waals surface area contributed by atoms with Gasteiger partial charge in [0.2, 0.25) is 0 Å². The van der Waals surface area contributed by atoms with Crippen LogP contribution in [0.4, 0.5) is 10.1 Å². The Morgan fingerprint density at radius 3 is 2.45 bits per heavy atom. The van der Waals surface area contributed by atoms with Gasteiger partial charge >= 0.3 is 0 Å². The topological polar surface area (TPSA) is 79.8 Å². The molecule has 2 N–H and O–H groups in total. The number of amides is 2. The van der Waals surface area contributed by atoms with Crippen LogP contribution in [0.3, 0.4) is 0 Å². The molecule has 7 heteroatoms. The lowest BCUT2D eigenvalue weighted by Gasteiger charge is -2.10. The number of nitrogens with zero attached hydrogens (tertiary/aromatic N) is 1. The van der Waals surface area contributed by atoms with E-state index in [2.05, 4.69) is 15.8 Å². The van der Waals surface area contributed by atoms with E-state index in [0.29, 0.717) is 22.6 Å². The van der Waals surface area contributed by atoms with E-state index >= 15 is 0 Å². The summed E-state index contributed by atoms with van der Waals surface area (Å²) in [6.45, 7) is 0. The van der Waals surface area contributed by atoms with Crippen LogP contribution in [-0.2, 0) is 0 Å². The maximum atomic E-state index is 13.2. The summed E-state index contributed by atoms with van der Waals surface area (Å²) in [5.74, 6) is -0.635. The molecule has 0 aliphatic rings. The first-order valence-corrected chi connectivity index (χ1v) is 8.70. The third kappa shape index (κ3) is 5.26. The van der Waals surface area contributed by atoms with Gasteiger partial charge in [0, 0.05) is 5.56 Å². The molecule has 0 aliphatic carbocycles. The van der Waals surface area contributed by atoms with Crippen LogP contribution in [-0.4, -0.2) is 25.1 Å². The molecule has 0 aliphatic heterocycles. The second kappa shape index (κ2) is 9.27. The molecular formula is C22H18FN3O3. The minimum atomic E-state index is -0.511. The predicted octanol–water partition coefficient (Wildman–Crippen LogP) is 3.85. The van der Waals surface area contributed by atoms with Crippen LogP contribution < -0.4 is 15.5 Å². The Labute approximate surface area is 167 Å². The van der Waals surface area contributed by atoms with E-state index in [9.17, 15) is 14.0 Å². The van der Waals surface area contributed by atoms with Crippen LogP contribution in [0.25, 0.3) is 0 Å². The molecule has 3 rings (SSSR count). The third-order valence-corrected chi connectivity index (χ3v) is 4.00. The maximum absolute atomic E-state index is 13.2. The van der Waals surface area contributed by atoms with E-state index in [0.717, 1.165) is 0 Å². The van der Waals surface area contributed by atoms with Crippen LogP contribution in [0.15, 0.2) is 77.9 Å². The fourth-order valence-corrected chi connectivity index (χ4v) is 2.54. The van der Waals surface area contributed by atoms with Crippen molar-refractivity contribution in [2.24, 2.45) is 5.10 Å². The normalized spacial score (nSPS) is 10.6. The smallest absolute Gasteiger partial charge is 0.273 e. The molecule has 0 radical (unpaired) electrons. The first-order chi connectivity index (χ1) is 14.1. The standard InChI is InChI=1S/C22H18FN3O3/c1-29-18-11-9-16(10-12-18)21(27)25-20-8-3-2-7-19(20)22(28)26-24-14-15-5-4-6-17(23)13-15/h2-14H,1H3,(H,25,27)(H,26,28). The number of anilines is 1. The van der Waals surface area contributed by atoms with E-state index < -0.39 is 11.7 Å². The van der Waals surface area contributed by atoms with Gasteiger partial charge in [-0.05, 0) is 54.1 Å². The summed E-state index contributed by atoms with van der Waals surface area (Å²) in [4.78, 5) is 24.9.